The van der Waals surface area contributed by atoms with Crippen molar-refractivity contribution in [3.63, 3.8) is 0 Å². The molecule has 6 heteroatoms. The molecule has 3 N–H and O–H groups in total. The number of aryl methyl sites for hydroxylation is 3. The van der Waals surface area contributed by atoms with Gasteiger partial charge in [0.15, 0.2) is 5.96 Å². The molecule has 1 aromatic heterocycles. The summed E-state index contributed by atoms with van der Waals surface area (Å²) >= 11 is 0. The molecule has 5 nitrogen and oxygen atoms in total. The normalized spacial score (nSPS) is 18.2. The number of benzene rings is 1. The van der Waals surface area contributed by atoms with E-state index in [9.17, 15) is 0 Å². The van der Waals surface area contributed by atoms with Crippen molar-refractivity contribution < 1.29 is 4.42 Å². The van der Waals surface area contributed by atoms with Crippen LogP contribution in [0.25, 0.3) is 0 Å². The van der Waals surface area contributed by atoms with Gasteiger partial charge in [-0.1, -0.05) is 6.07 Å². The zero-order valence-corrected chi connectivity index (χ0v) is 18.2. The first-order valence-electron chi connectivity index (χ1n) is 9.68. The quantitative estimate of drug-likeness (QED) is 0.382. The van der Waals surface area contributed by atoms with Crippen molar-refractivity contribution in [2.75, 3.05) is 25.0 Å². The third kappa shape index (κ3) is 4.85. The smallest absolute Gasteiger partial charge is 0.193 e. The molecule has 1 aliphatic heterocycles. The SMILES string of the molecule is Cc1ccc(C(CN=C(N)Nc2ccc3c(c2)CCC3)N2CCCC2)o1.I. The Labute approximate surface area is 178 Å². The average Bonchev–Trinajstić information content (AvgIpc) is 3.36. The van der Waals surface area contributed by atoms with E-state index in [0.717, 1.165) is 36.7 Å². The summed E-state index contributed by atoms with van der Waals surface area (Å²) in [4.78, 5) is 7.07. The van der Waals surface area contributed by atoms with Gasteiger partial charge in [0.2, 0.25) is 0 Å². The van der Waals surface area contributed by atoms with Gasteiger partial charge in [-0.25, -0.2) is 0 Å². The van der Waals surface area contributed by atoms with Crippen molar-refractivity contribution >= 4 is 35.6 Å². The van der Waals surface area contributed by atoms with E-state index in [1.54, 1.807) is 0 Å². The van der Waals surface area contributed by atoms with Crippen LogP contribution in [0, 0.1) is 6.92 Å². The molecule has 2 heterocycles. The maximum absolute atomic E-state index is 6.17. The van der Waals surface area contributed by atoms with Gasteiger partial charge in [0.05, 0.1) is 12.6 Å². The number of guanidine groups is 1. The number of fused-ring (bicyclic) bond motifs is 1. The standard InChI is InChI=1S/C21H28N4O.HI/c1-15-7-10-20(26-15)19(25-11-2-3-12-25)14-23-21(22)24-18-9-8-16-5-4-6-17(16)13-18;/h7-10,13,19H,2-6,11-12,14H2,1H3,(H3,22,23,24);1H. The minimum Gasteiger partial charge on any atom is -0.465 e. The predicted octanol–water partition coefficient (Wildman–Crippen LogP) is 4.26. The lowest BCUT2D eigenvalue weighted by atomic mass is 10.1. The van der Waals surface area contributed by atoms with Crippen LogP contribution in [0.2, 0.25) is 0 Å². The largest absolute Gasteiger partial charge is 0.465 e. The Morgan fingerprint density at radius 2 is 1.93 bits per heavy atom. The van der Waals surface area contributed by atoms with Gasteiger partial charge in [0, 0.05) is 5.69 Å². The molecule has 4 rings (SSSR count). The van der Waals surface area contributed by atoms with Crippen LogP contribution in [-0.4, -0.2) is 30.5 Å². The molecule has 0 bridgehead atoms. The second-order valence-corrected chi connectivity index (χ2v) is 7.40. The van der Waals surface area contributed by atoms with E-state index < -0.39 is 0 Å². The summed E-state index contributed by atoms with van der Waals surface area (Å²) in [6.07, 6.45) is 6.09. The van der Waals surface area contributed by atoms with E-state index in [2.05, 4.69) is 39.5 Å². The lowest BCUT2D eigenvalue weighted by Gasteiger charge is -2.24. The Bertz CT molecular complexity index is 795. The highest BCUT2D eigenvalue weighted by Crippen LogP contribution is 2.27. The summed E-state index contributed by atoms with van der Waals surface area (Å²) in [6.45, 7) is 4.78. The lowest BCUT2D eigenvalue weighted by Crippen LogP contribution is -2.30. The third-order valence-electron chi connectivity index (χ3n) is 5.48. The number of nitrogens with two attached hydrogens (primary N) is 1. The number of nitrogens with zero attached hydrogens (tertiary/aromatic N) is 2. The third-order valence-corrected chi connectivity index (χ3v) is 5.48. The van der Waals surface area contributed by atoms with Crippen LogP contribution in [0.1, 0.15) is 48.0 Å². The van der Waals surface area contributed by atoms with Gasteiger partial charge in [-0.3, -0.25) is 9.89 Å². The number of anilines is 1. The van der Waals surface area contributed by atoms with Crippen LogP contribution in [0.4, 0.5) is 5.69 Å². The van der Waals surface area contributed by atoms with E-state index in [0.29, 0.717) is 12.5 Å². The van der Waals surface area contributed by atoms with Crippen molar-refractivity contribution in [2.24, 2.45) is 10.7 Å². The first-order valence-corrected chi connectivity index (χ1v) is 9.68. The summed E-state index contributed by atoms with van der Waals surface area (Å²) in [5.41, 5.74) is 10.1. The van der Waals surface area contributed by atoms with Crippen LogP contribution in [0.15, 0.2) is 39.7 Å². The molecular formula is C21H29IN4O. The number of likely N-dealkylation sites (tertiary alicyclic amines) is 1. The van der Waals surface area contributed by atoms with Crippen molar-refractivity contribution in [2.45, 2.75) is 45.1 Å². The van der Waals surface area contributed by atoms with Gasteiger partial charge >= 0.3 is 0 Å². The molecule has 1 fully saturated rings. The average molecular weight is 480 g/mol. The summed E-state index contributed by atoms with van der Waals surface area (Å²) in [7, 11) is 0. The molecule has 0 spiro atoms. The van der Waals surface area contributed by atoms with Crippen LogP contribution < -0.4 is 11.1 Å². The number of hydrogen-bond acceptors (Lipinski definition) is 3. The van der Waals surface area contributed by atoms with E-state index in [4.69, 9.17) is 10.2 Å². The fraction of sp³-hybridized carbons (Fsp3) is 0.476. The van der Waals surface area contributed by atoms with Crippen molar-refractivity contribution in [1.29, 1.82) is 0 Å². The molecule has 1 unspecified atom stereocenters. The summed E-state index contributed by atoms with van der Waals surface area (Å²) in [5, 5.41) is 3.25. The Morgan fingerprint density at radius 3 is 2.67 bits per heavy atom. The molecule has 0 amide bonds. The molecule has 1 aromatic carbocycles. The van der Waals surface area contributed by atoms with Gasteiger partial charge in [-0.15, -0.1) is 24.0 Å². The van der Waals surface area contributed by atoms with Crippen LogP contribution in [0.5, 0.6) is 0 Å². The number of furan rings is 1. The number of hydrogen-bond donors (Lipinski definition) is 2. The monoisotopic (exact) mass is 480 g/mol. The highest BCUT2D eigenvalue weighted by atomic mass is 127. The van der Waals surface area contributed by atoms with Crippen molar-refractivity contribution in [3.8, 4) is 0 Å². The Balaban J connectivity index is 0.00000210. The lowest BCUT2D eigenvalue weighted by molar-refractivity contribution is 0.219. The van der Waals surface area contributed by atoms with Gasteiger partial charge in [-0.05, 0) is 87.5 Å². The minimum absolute atomic E-state index is 0. The molecule has 2 aliphatic rings. The number of rotatable bonds is 5. The second-order valence-electron chi connectivity index (χ2n) is 7.40. The molecule has 27 heavy (non-hydrogen) atoms. The van der Waals surface area contributed by atoms with Crippen LogP contribution in [0.3, 0.4) is 0 Å². The van der Waals surface area contributed by atoms with E-state index in [1.807, 2.05) is 13.0 Å². The van der Waals surface area contributed by atoms with Gasteiger partial charge in [0.1, 0.15) is 11.5 Å². The molecule has 2 aromatic rings. The molecule has 1 saturated heterocycles. The van der Waals surface area contributed by atoms with E-state index >= 15 is 0 Å². The summed E-state index contributed by atoms with van der Waals surface area (Å²) < 4.78 is 5.89. The highest BCUT2D eigenvalue weighted by Gasteiger charge is 2.25. The van der Waals surface area contributed by atoms with Gasteiger partial charge in [-0.2, -0.15) is 0 Å². The number of aliphatic imine (C=N–C) groups is 1. The number of halogens is 1. The Kier molecular flexibility index (Phi) is 6.81. The second kappa shape index (κ2) is 9.10. The summed E-state index contributed by atoms with van der Waals surface area (Å²) in [6, 6.07) is 10.8. The van der Waals surface area contributed by atoms with E-state index in [1.165, 1.54) is 36.8 Å². The summed E-state index contributed by atoms with van der Waals surface area (Å²) in [5.74, 6) is 2.39. The topological polar surface area (TPSA) is 66.8 Å². The molecule has 1 atom stereocenters. The Hall–Kier alpha value is -1.54. The fourth-order valence-corrected chi connectivity index (χ4v) is 4.09. The molecule has 0 saturated carbocycles. The number of nitrogens with one attached hydrogen (secondary N) is 1. The maximum atomic E-state index is 6.17. The molecule has 1 aliphatic carbocycles. The zero-order chi connectivity index (χ0) is 17.9. The predicted molar refractivity (Wildman–Crippen MR) is 121 cm³/mol. The fourth-order valence-electron chi connectivity index (χ4n) is 4.09. The molecular weight excluding hydrogens is 451 g/mol. The highest BCUT2D eigenvalue weighted by molar-refractivity contribution is 14.0. The first-order chi connectivity index (χ1) is 12.7. The van der Waals surface area contributed by atoms with Crippen LogP contribution in [-0.2, 0) is 12.8 Å². The van der Waals surface area contributed by atoms with Crippen molar-refractivity contribution in [1.82, 2.24) is 4.90 Å². The molecule has 0 radical (unpaired) electrons. The first kappa shape index (κ1) is 20.2. The Morgan fingerprint density at radius 1 is 1.15 bits per heavy atom. The van der Waals surface area contributed by atoms with Crippen molar-refractivity contribution in [3.05, 3.63) is 53.0 Å². The minimum atomic E-state index is 0. The van der Waals surface area contributed by atoms with E-state index in [-0.39, 0.29) is 30.0 Å². The maximum Gasteiger partial charge on any atom is 0.193 e. The van der Waals surface area contributed by atoms with Crippen LogP contribution >= 0.6 is 24.0 Å². The van der Waals surface area contributed by atoms with Gasteiger partial charge < -0.3 is 15.5 Å². The van der Waals surface area contributed by atoms with Gasteiger partial charge in [0.25, 0.3) is 0 Å². The zero-order valence-electron chi connectivity index (χ0n) is 15.9. The molecule has 146 valence electrons.